The number of β-amino-alcohol motifs (C(OH)–C–C–N with tert-alkyl or cyclic N) is 1. The lowest BCUT2D eigenvalue weighted by molar-refractivity contribution is 0.187. The molecule has 2 atom stereocenters. The van der Waals surface area contributed by atoms with Crippen molar-refractivity contribution in [3.8, 4) is 0 Å². The maximum Gasteiger partial charge on any atom is 0.194 e. The summed E-state index contributed by atoms with van der Waals surface area (Å²) in [6.45, 7) is 5.22. The monoisotopic (exact) mass is 446 g/mol. The van der Waals surface area contributed by atoms with E-state index in [4.69, 9.17) is 4.99 Å². The summed E-state index contributed by atoms with van der Waals surface area (Å²) < 4.78 is 0. The third-order valence-electron chi connectivity index (χ3n) is 4.29. The minimum absolute atomic E-state index is 0. The Morgan fingerprint density at radius 3 is 2.62 bits per heavy atom. The summed E-state index contributed by atoms with van der Waals surface area (Å²) in [6, 6.07) is 10.9. The van der Waals surface area contributed by atoms with Gasteiger partial charge in [-0.05, 0) is 39.4 Å². The summed E-state index contributed by atoms with van der Waals surface area (Å²) in [6.07, 6.45) is 1.58. The standard InChI is InChI=1S/C18H30N4O.HI/c1-4-19-18(22-11-10-17(23)14-22)20-13-16(21(2)3)12-15-8-6-5-7-9-15;/h5-9,16-17,23H,4,10-14H2,1-3H3,(H,19,20);1H/t16?,17-;/m1./s1. The van der Waals surface area contributed by atoms with E-state index in [1.807, 2.05) is 6.07 Å². The normalized spacial score (nSPS) is 19.3. The zero-order valence-electron chi connectivity index (χ0n) is 15.0. The third-order valence-corrected chi connectivity index (χ3v) is 4.29. The van der Waals surface area contributed by atoms with Crippen LogP contribution >= 0.6 is 24.0 Å². The van der Waals surface area contributed by atoms with Gasteiger partial charge in [0.2, 0.25) is 0 Å². The number of aliphatic hydroxyl groups is 1. The topological polar surface area (TPSA) is 51.1 Å². The van der Waals surface area contributed by atoms with Crippen LogP contribution in [0.4, 0.5) is 0 Å². The number of aliphatic imine (C=N–C) groups is 1. The van der Waals surface area contributed by atoms with Crippen molar-refractivity contribution in [3.05, 3.63) is 35.9 Å². The van der Waals surface area contributed by atoms with Crippen LogP contribution in [0.3, 0.4) is 0 Å². The smallest absolute Gasteiger partial charge is 0.194 e. The molecule has 0 aromatic heterocycles. The van der Waals surface area contributed by atoms with Gasteiger partial charge < -0.3 is 20.2 Å². The summed E-state index contributed by atoms with van der Waals surface area (Å²) in [5.74, 6) is 0.920. The van der Waals surface area contributed by atoms with Gasteiger partial charge in [0.15, 0.2) is 5.96 Å². The van der Waals surface area contributed by atoms with E-state index in [-0.39, 0.29) is 30.1 Å². The maximum absolute atomic E-state index is 9.74. The van der Waals surface area contributed by atoms with Crippen molar-refractivity contribution in [1.82, 2.24) is 15.1 Å². The van der Waals surface area contributed by atoms with E-state index in [2.05, 4.69) is 60.4 Å². The Bertz CT molecular complexity index is 495. The molecule has 1 heterocycles. The van der Waals surface area contributed by atoms with Crippen molar-refractivity contribution >= 4 is 29.9 Å². The van der Waals surface area contributed by atoms with Crippen molar-refractivity contribution in [3.63, 3.8) is 0 Å². The van der Waals surface area contributed by atoms with Crippen LogP contribution in [0.25, 0.3) is 0 Å². The van der Waals surface area contributed by atoms with Crippen LogP contribution in [0.15, 0.2) is 35.3 Å². The van der Waals surface area contributed by atoms with E-state index < -0.39 is 0 Å². The zero-order chi connectivity index (χ0) is 16.7. The van der Waals surface area contributed by atoms with Crippen LogP contribution in [0, 0.1) is 0 Å². The van der Waals surface area contributed by atoms with Crippen molar-refractivity contribution in [2.24, 2.45) is 4.99 Å². The number of nitrogens with zero attached hydrogens (tertiary/aromatic N) is 3. The highest BCUT2D eigenvalue weighted by molar-refractivity contribution is 14.0. The predicted octanol–water partition coefficient (Wildman–Crippen LogP) is 1.81. The first-order chi connectivity index (χ1) is 11.1. The van der Waals surface area contributed by atoms with Gasteiger partial charge in [-0.25, -0.2) is 0 Å². The van der Waals surface area contributed by atoms with Crippen LogP contribution in [-0.2, 0) is 6.42 Å². The molecule has 1 unspecified atom stereocenters. The van der Waals surface area contributed by atoms with Crippen LogP contribution < -0.4 is 5.32 Å². The highest BCUT2D eigenvalue weighted by Crippen LogP contribution is 2.11. The Morgan fingerprint density at radius 1 is 1.38 bits per heavy atom. The van der Waals surface area contributed by atoms with Crippen molar-refractivity contribution < 1.29 is 5.11 Å². The molecule has 1 fully saturated rings. The quantitative estimate of drug-likeness (QED) is 0.398. The number of nitrogens with one attached hydrogen (secondary N) is 1. The number of benzene rings is 1. The molecule has 2 N–H and O–H groups in total. The molecular weight excluding hydrogens is 415 g/mol. The summed E-state index contributed by atoms with van der Waals surface area (Å²) in [5.41, 5.74) is 1.34. The molecule has 0 radical (unpaired) electrons. The highest BCUT2D eigenvalue weighted by atomic mass is 127. The Morgan fingerprint density at radius 2 is 2.08 bits per heavy atom. The number of halogens is 1. The fourth-order valence-corrected chi connectivity index (χ4v) is 2.85. The first-order valence-corrected chi connectivity index (χ1v) is 8.51. The summed E-state index contributed by atoms with van der Waals surface area (Å²) >= 11 is 0. The molecule has 0 aliphatic carbocycles. The minimum atomic E-state index is -0.229. The molecule has 0 spiro atoms. The molecule has 0 bridgehead atoms. The molecule has 1 aromatic carbocycles. The Hall–Kier alpha value is -0.860. The fraction of sp³-hybridized carbons (Fsp3) is 0.611. The van der Waals surface area contributed by atoms with Crippen LogP contribution in [-0.4, -0.2) is 73.3 Å². The summed E-state index contributed by atoms with van der Waals surface area (Å²) in [4.78, 5) is 9.22. The average molecular weight is 446 g/mol. The first kappa shape index (κ1) is 21.2. The number of hydrogen-bond acceptors (Lipinski definition) is 3. The number of hydrogen-bond donors (Lipinski definition) is 2. The number of guanidine groups is 1. The minimum Gasteiger partial charge on any atom is -0.391 e. The summed E-state index contributed by atoms with van der Waals surface area (Å²) in [7, 11) is 4.21. The predicted molar refractivity (Wildman–Crippen MR) is 111 cm³/mol. The maximum atomic E-state index is 9.74. The number of rotatable bonds is 6. The molecular formula is C18H31IN4O. The van der Waals surface area contributed by atoms with Gasteiger partial charge in [-0.2, -0.15) is 0 Å². The fourth-order valence-electron chi connectivity index (χ4n) is 2.85. The van der Waals surface area contributed by atoms with E-state index in [0.717, 1.165) is 38.4 Å². The van der Waals surface area contributed by atoms with E-state index in [1.54, 1.807) is 0 Å². The Kier molecular flexibility index (Phi) is 9.61. The zero-order valence-corrected chi connectivity index (χ0v) is 17.3. The van der Waals surface area contributed by atoms with Crippen LogP contribution in [0.1, 0.15) is 18.9 Å². The lowest BCUT2D eigenvalue weighted by atomic mass is 10.1. The largest absolute Gasteiger partial charge is 0.391 e. The van der Waals surface area contributed by atoms with Gasteiger partial charge in [0, 0.05) is 25.7 Å². The van der Waals surface area contributed by atoms with Gasteiger partial charge in [0.05, 0.1) is 12.6 Å². The summed E-state index contributed by atoms with van der Waals surface area (Å²) in [5, 5.41) is 13.1. The second-order valence-corrected chi connectivity index (χ2v) is 6.39. The molecule has 6 heteroatoms. The molecule has 1 saturated heterocycles. The Balaban J connectivity index is 0.00000288. The Labute approximate surface area is 163 Å². The molecule has 1 aromatic rings. The van der Waals surface area contributed by atoms with E-state index in [9.17, 15) is 5.11 Å². The molecule has 136 valence electrons. The van der Waals surface area contributed by atoms with Crippen molar-refractivity contribution in [2.45, 2.75) is 31.9 Å². The number of likely N-dealkylation sites (N-methyl/N-ethyl adjacent to an activating group) is 1. The second kappa shape index (κ2) is 10.9. The second-order valence-electron chi connectivity index (χ2n) is 6.39. The van der Waals surface area contributed by atoms with Gasteiger partial charge in [0.1, 0.15) is 0 Å². The average Bonchev–Trinajstić information content (AvgIpc) is 2.97. The van der Waals surface area contributed by atoms with Gasteiger partial charge in [-0.15, -0.1) is 24.0 Å². The lowest BCUT2D eigenvalue weighted by Crippen LogP contribution is -2.42. The number of aliphatic hydroxyl groups excluding tert-OH is 1. The van der Waals surface area contributed by atoms with Crippen LogP contribution in [0.2, 0.25) is 0 Å². The van der Waals surface area contributed by atoms with Gasteiger partial charge in [0.25, 0.3) is 0 Å². The third kappa shape index (κ3) is 6.57. The molecule has 1 aliphatic heterocycles. The molecule has 0 saturated carbocycles. The van der Waals surface area contributed by atoms with Crippen molar-refractivity contribution in [1.29, 1.82) is 0 Å². The molecule has 1 aliphatic rings. The SMILES string of the molecule is CCNC(=NCC(Cc1ccccc1)N(C)C)N1CC[C@@H](O)C1.I. The number of likely N-dealkylation sites (tertiary alicyclic amines) is 1. The lowest BCUT2D eigenvalue weighted by Gasteiger charge is -2.25. The van der Waals surface area contributed by atoms with Gasteiger partial charge in [-0.3, -0.25) is 4.99 Å². The molecule has 5 nitrogen and oxygen atoms in total. The van der Waals surface area contributed by atoms with E-state index in [0.29, 0.717) is 12.6 Å². The van der Waals surface area contributed by atoms with E-state index in [1.165, 1.54) is 5.56 Å². The van der Waals surface area contributed by atoms with Gasteiger partial charge in [-0.1, -0.05) is 30.3 Å². The first-order valence-electron chi connectivity index (χ1n) is 8.51. The van der Waals surface area contributed by atoms with Crippen LogP contribution in [0.5, 0.6) is 0 Å². The molecule has 2 rings (SSSR count). The molecule has 0 amide bonds. The van der Waals surface area contributed by atoms with Gasteiger partial charge >= 0.3 is 0 Å². The highest BCUT2D eigenvalue weighted by Gasteiger charge is 2.23. The van der Waals surface area contributed by atoms with Crippen molar-refractivity contribution in [2.75, 3.05) is 40.3 Å². The van der Waals surface area contributed by atoms with E-state index >= 15 is 0 Å². The molecule has 24 heavy (non-hydrogen) atoms.